The normalized spacial score (nSPS) is 10.0. The second-order valence-corrected chi connectivity index (χ2v) is 3.32. The first-order valence-electron chi connectivity index (χ1n) is 4.03. The molecule has 0 atom stereocenters. The van der Waals surface area contributed by atoms with Gasteiger partial charge in [0.1, 0.15) is 5.75 Å². The monoisotopic (exact) mass is 203 g/mol. The number of benzene rings is 2. The number of phenolic OH excluding ortho intramolecular Hbond substituents is 1. The van der Waals surface area contributed by atoms with E-state index in [2.05, 4.69) is 0 Å². The summed E-state index contributed by atoms with van der Waals surface area (Å²) in [6.45, 7) is 0. The molecule has 0 aromatic heterocycles. The Bertz CT molecular complexity index is 543. The summed E-state index contributed by atoms with van der Waals surface area (Å²) in [7, 11) is 0. The molecule has 0 unspecified atom stereocenters. The maximum atomic E-state index is 9.35. The van der Waals surface area contributed by atoms with Gasteiger partial charge in [0.15, 0.2) is 0 Å². The van der Waals surface area contributed by atoms with Crippen LogP contribution in [-0.4, -0.2) is 5.11 Å². The molecule has 1 N–H and O–H groups in total. The average molecular weight is 204 g/mol. The lowest BCUT2D eigenvalue weighted by molar-refractivity contribution is 0.476. The molecule has 0 saturated carbocycles. The van der Waals surface area contributed by atoms with Crippen molar-refractivity contribution in [2.24, 2.45) is 0 Å². The van der Waals surface area contributed by atoms with Crippen LogP contribution in [0.15, 0.2) is 30.3 Å². The number of nitrogens with zero attached hydrogens (tertiary/aromatic N) is 1. The van der Waals surface area contributed by atoms with E-state index in [1.165, 1.54) is 6.07 Å². The Labute approximate surface area is 86.0 Å². The summed E-state index contributed by atoms with van der Waals surface area (Å²) >= 11 is 5.89. The average Bonchev–Trinajstić information content (AvgIpc) is 2.23. The highest BCUT2D eigenvalue weighted by molar-refractivity contribution is 6.37. The van der Waals surface area contributed by atoms with Crippen molar-refractivity contribution < 1.29 is 5.11 Å². The van der Waals surface area contributed by atoms with Crippen LogP contribution in [0, 0.1) is 11.3 Å². The zero-order valence-electron chi connectivity index (χ0n) is 7.16. The first kappa shape index (κ1) is 8.86. The molecular formula is C11H6ClNO. The molecule has 2 aromatic carbocycles. The van der Waals surface area contributed by atoms with Crippen LogP contribution in [0.1, 0.15) is 5.56 Å². The molecular weight excluding hydrogens is 198 g/mol. The first-order valence-corrected chi connectivity index (χ1v) is 4.41. The molecule has 68 valence electrons. The van der Waals surface area contributed by atoms with Crippen LogP contribution in [0.4, 0.5) is 0 Å². The predicted octanol–water partition coefficient (Wildman–Crippen LogP) is 3.07. The molecule has 0 fully saturated rings. The van der Waals surface area contributed by atoms with Gasteiger partial charge in [0.05, 0.1) is 16.7 Å². The Morgan fingerprint density at radius 2 is 2.00 bits per heavy atom. The van der Waals surface area contributed by atoms with Gasteiger partial charge in [-0.25, -0.2) is 0 Å². The van der Waals surface area contributed by atoms with E-state index in [1.807, 2.05) is 6.07 Å². The summed E-state index contributed by atoms with van der Waals surface area (Å²) in [6.07, 6.45) is 0. The molecule has 0 heterocycles. The van der Waals surface area contributed by atoms with E-state index in [-0.39, 0.29) is 5.75 Å². The molecule has 2 rings (SSSR count). The van der Waals surface area contributed by atoms with Gasteiger partial charge in [-0.15, -0.1) is 0 Å². The van der Waals surface area contributed by atoms with E-state index in [9.17, 15) is 5.11 Å². The minimum absolute atomic E-state index is 0.0591. The number of nitriles is 1. The minimum Gasteiger partial charge on any atom is -0.506 e. The topological polar surface area (TPSA) is 44.0 Å². The van der Waals surface area contributed by atoms with E-state index >= 15 is 0 Å². The van der Waals surface area contributed by atoms with Crippen molar-refractivity contribution in [3.63, 3.8) is 0 Å². The summed E-state index contributed by atoms with van der Waals surface area (Å²) in [5, 5.41) is 20.0. The SMILES string of the molecule is N#Cc1ccc2c(Cl)c(O)ccc2c1. The molecule has 3 heteroatoms. The van der Waals surface area contributed by atoms with Crippen LogP contribution in [0.3, 0.4) is 0 Å². The zero-order chi connectivity index (χ0) is 10.1. The second kappa shape index (κ2) is 3.21. The van der Waals surface area contributed by atoms with Gasteiger partial charge in [-0.3, -0.25) is 0 Å². The highest BCUT2D eigenvalue weighted by atomic mass is 35.5. The quantitative estimate of drug-likeness (QED) is 0.715. The Morgan fingerprint density at radius 1 is 1.21 bits per heavy atom. The molecule has 2 nitrogen and oxygen atoms in total. The van der Waals surface area contributed by atoms with Crippen LogP contribution in [0.2, 0.25) is 5.02 Å². The van der Waals surface area contributed by atoms with E-state index in [1.54, 1.807) is 24.3 Å². The lowest BCUT2D eigenvalue weighted by Gasteiger charge is -2.02. The molecule has 0 aliphatic carbocycles. The van der Waals surface area contributed by atoms with E-state index in [4.69, 9.17) is 16.9 Å². The molecule has 0 radical (unpaired) electrons. The number of rotatable bonds is 0. The molecule has 0 amide bonds. The standard InChI is InChI=1S/C11H6ClNO/c12-11-9-3-1-7(6-13)5-8(9)2-4-10(11)14/h1-5,14H. The number of hydrogen-bond acceptors (Lipinski definition) is 2. The van der Waals surface area contributed by atoms with Crippen LogP contribution in [0.25, 0.3) is 10.8 Å². The molecule has 0 aliphatic rings. The third kappa shape index (κ3) is 1.28. The minimum atomic E-state index is 0.0591. The summed E-state index contributed by atoms with van der Waals surface area (Å²) in [6, 6.07) is 10.4. The molecule has 0 aliphatic heterocycles. The van der Waals surface area contributed by atoms with Crippen molar-refractivity contribution in [1.29, 1.82) is 5.26 Å². The van der Waals surface area contributed by atoms with Crippen LogP contribution in [0.5, 0.6) is 5.75 Å². The second-order valence-electron chi connectivity index (χ2n) is 2.95. The summed E-state index contributed by atoms with van der Waals surface area (Å²) in [4.78, 5) is 0. The predicted molar refractivity (Wildman–Crippen MR) is 55.3 cm³/mol. The largest absolute Gasteiger partial charge is 0.506 e. The van der Waals surface area contributed by atoms with E-state index in [0.717, 1.165) is 10.8 Å². The molecule has 0 saturated heterocycles. The summed E-state index contributed by atoms with van der Waals surface area (Å²) in [5.74, 6) is 0.0591. The third-order valence-electron chi connectivity index (χ3n) is 2.06. The van der Waals surface area contributed by atoms with E-state index in [0.29, 0.717) is 10.6 Å². The van der Waals surface area contributed by atoms with Crippen molar-refractivity contribution in [2.75, 3.05) is 0 Å². The summed E-state index contributed by atoms with van der Waals surface area (Å²) < 4.78 is 0. The number of aromatic hydroxyl groups is 1. The molecule has 0 bridgehead atoms. The Kier molecular flexibility index (Phi) is 2.03. The van der Waals surface area contributed by atoms with Crippen molar-refractivity contribution in [3.8, 4) is 11.8 Å². The van der Waals surface area contributed by atoms with Crippen molar-refractivity contribution in [3.05, 3.63) is 40.9 Å². The number of fused-ring (bicyclic) bond motifs is 1. The molecule has 14 heavy (non-hydrogen) atoms. The first-order chi connectivity index (χ1) is 6.72. The maximum absolute atomic E-state index is 9.35. The number of halogens is 1. The molecule has 2 aromatic rings. The highest BCUT2D eigenvalue weighted by Crippen LogP contribution is 2.31. The zero-order valence-corrected chi connectivity index (χ0v) is 7.92. The van der Waals surface area contributed by atoms with Gasteiger partial charge < -0.3 is 5.11 Å². The Hall–Kier alpha value is -1.72. The van der Waals surface area contributed by atoms with Gasteiger partial charge >= 0.3 is 0 Å². The van der Waals surface area contributed by atoms with Crippen LogP contribution >= 0.6 is 11.6 Å². The lowest BCUT2D eigenvalue weighted by Crippen LogP contribution is -1.78. The fraction of sp³-hybridized carbons (Fsp3) is 0. The van der Waals surface area contributed by atoms with Gasteiger partial charge in [0, 0.05) is 5.39 Å². The van der Waals surface area contributed by atoms with Gasteiger partial charge in [-0.1, -0.05) is 23.7 Å². The fourth-order valence-corrected chi connectivity index (χ4v) is 1.59. The third-order valence-corrected chi connectivity index (χ3v) is 2.46. The van der Waals surface area contributed by atoms with Crippen molar-refractivity contribution in [1.82, 2.24) is 0 Å². The van der Waals surface area contributed by atoms with Crippen molar-refractivity contribution in [2.45, 2.75) is 0 Å². The van der Waals surface area contributed by atoms with Crippen LogP contribution in [-0.2, 0) is 0 Å². The van der Waals surface area contributed by atoms with Crippen LogP contribution < -0.4 is 0 Å². The Balaban J connectivity index is 2.83. The number of phenols is 1. The van der Waals surface area contributed by atoms with Gasteiger partial charge in [0.25, 0.3) is 0 Å². The summed E-state index contributed by atoms with van der Waals surface area (Å²) in [5.41, 5.74) is 0.583. The fourth-order valence-electron chi connectivity index (χ4n) is 1.35. The highest BCUT2D eigenvalue weighted by Gasteiger charge is 2.04. The van der Waals surface area contributed by atoms with Gasteiger partial charge in [-0.05, 0) is 23.6 Å². The smallest absolute Gasteiger partial charge is 0.134 e. The maximum Gasteiger partial charge on any atom is 0.134 e. The van der Waals surface area contributed by atoms with Crippen molar-refractivity contribution >= 4 is 22.4 Å². The lowest BCUT2D eigenvalue weighted by atomic mass is 10.1. The molecule has 0 spiro atoms. The van der Waals surface area contributed by atoms with E-state index < -0.39 is 0 Å². The number of hydrogen-bond donors (Lipinski definition) is 1. The van der Waals surface area contributed by atoms with Gasteiger partial charge in [0.2, 0.25) is 0 Å². The Morgan fingerprint density at radius 3 is 2.71 bits per heavy atom. The van der Waals surface area contributed by atoms with Gasteiger partial charge in [-0.2, -0.15) is 5.26 Å².